The molecular weight excluding hydrogens is 410 g/mol. The van der Waals surface area contributed by atoms with Crippen LogP contribution < -0.4 is 10.6 Å². The van der Waals surface area contributed by atoms with Gasteiger partial charge in [-0.3, -0.25) is 9.78 Å². The smallest absolute Gasteiger partial charge is 0.253 e. The highest BCUT2D eigenvalue weighted by Crippen LogP contribution is 2.47. The predicted octanol–water partition coefficient (Wildman–Crippen LogP) is 4.14. The van der Waals surface area contributed by atoms with Crippen molar-refractivity contribution in [2.24, 2.45) is 5.41 Å². The number of rotatable bonds is 6. The van der Waals surface area contributed by atoms with Crippen LogP contribution in [0.15, 0.2) is 42.7 Å². The van der Waals surface area contributed by atoms with Gasteiger partial charge in [0.25, 0.3) is 5.91 Å². The van der Waals surface area contributed by atoms with E-state index in [1.54, 1.807) is 12.4 Å². The van der Waals surface area contributed by atoms with E-state index >= 15 is 0 Å². The molecule has 2 aromatic rings. The quantitative estimate of drug-likeness (QED) is 0.627. The van der Waals surface area contributed by atoms with Crippen molar-refractivity contribution in [2.45, 2.75) is 64.0 Å². The van der Waals surface area contributed by atoms with Crippen molar-refractivity contribution in [1.29, 1.82) is 0 Å². The molecule has 5 nitrogen and oxygen atoms in total. The molecule has 2 fully saturated rings. The van der Waals surface area contributed by atoms with Gasteiger partial charge in [-0.2, -0.15) is 0 Å². The van der Waals surface area contributed by atoms with Crippen molar-refractivity contribution < 1.29 is 9.90 Å². The van der Waals surface area contributed by atoms with Crippen LogP contribution in [-0.2, 0) is 5.60 Å². The molecule has 1 aromatic carbocycles. The van der Waals surface area contributed by atoms with Gasteiger partial charge >= 0.3 is 0 Å². The van der Waals surface area contributed by atoms with Crippen LogP contribution >= 0.6 is 12.4 Å². The Labute approximate surface area is 191 Å². The Morgan fingerprint density at radius 2 is 1.81 bits per heavy atom. The van der Waals surface area contributed by atoms with E-state index in [4.69, 9.17) is 0 Å². The van der Waals surface area contributed by atoms with Gasteiger partial charge in [0.05, 0.1) is 5.56 Å². The van der Waals surface area contributed by atoms with Gasteiger partial charge in [-0.05, 0) is 36.0 Å². The molecule has 1 saturated carbocycles. The van der Waals surface area contributed by atoms with Gasteiger partial charge in [0.2, 0.25) is 0 Å². The van der Waals surface area contributed by atoms with Crippen molar-refractivity contribution in [3.8, 4) is 0 Å². The largest absolute Gasteiger partial charge is 0.380 e. The molecule has 1 saturated heterocycles. The van der Waals surface area contributed by atoms with Crippen LogP contribution in [0.5, 0.6) is 0 Å². The maximum absolute atomic E-state index is 12.8. The SMILES string of the molecule is CC(C)c1ccc([C@](O)(c2cncc(C(=O)NC3CCCC3)c2)C2(C)CNC2)cc1.Cl. The number of nitrogens with one attached hydrogen (secondary N) is 2. The van der Waals surface area contributed by atoms with E-state index in [2.05, 4.69) is 48.5 Å². The van der Waals surface area contributed by atoms with E-state index in [0.29, 0.717) is 30.1 Å². The summed E-state index contributed by atoms with van der Waals surface area (Å²) in [6, 6.07) is 10.3. The molecule has 1 aromatic heterocycles. The maximum Gasteiger partial charge on any atom is 0.253 e. The molecule has 0 unspecified atom stereocenters. The van der Waals surface area contributed by atoms with Crippen LogP contribution in [0.1, 0.15) is 79.4 Å². The Kier molecular flexibility index (Phi) is 7.09. The molecule has 168 valence electrons. The number of halogens is 1. The molecule has 1 atom stereocenters. The lowest BCUT2D eigenvalue weighted by Crippen LogP contribution is -2.63. The summed E-state index contributed by atoms with van der Waals surface area (Å²) >= 11 is 0. The molecule has 31 heavy (non-hydrogen) atoms. The summed E-state index contributed by atoms with van der Waals surface area (Å²) in [6.45, 7) is 7.82. The molecule has 4 rings (SSSR count). The number of aromatic nitrogens is 1. The maximum atomic E-state index is 12.8. The average Bonchev–Trinajstić information content (AvgIpc) is 3.24. The number of carbonyl (C=O) groups is 1. The van der Waals surface area contributed by atoms with Gasteiger partial charge in [0.15, 0.2) is 0 Å². The fraction of sp³-hybridized carbons (Fsp3) is 0.520. The number of hydrogen-bond donors (Lipinski definition) is 3. The minimum absolute atomic E-state index is 0. The van der Waals surface area contributed by atoms with Crippen LogP contribution in [0.25, 0.3) is 0 Å². The summed E-state index contributed by atoms with van der Waals surface area (Å²) in [5, 5.41) is 18.6. The highest BCUT2D eigenvalue weighted by molar-refractivity contribution is 5.94. The molecule has 6 heteroatoms. The van der Waals surface area contributed by atoms with Gasteiger partial charge in [-0.15, -0.1) is 12.4 Å². The third kappa shape index (κ3) is 4.36. The fourth-order valence-electron chi connectivity index (χ4n) is 4.83. The predicted molar refractivity (Wildman–Crippen MR) is 126 cm³/mol. The first kappa shape index (κ1) is 23.7. The number of benzene rings is 1. The van der Waals surface area contributed by atoms with Crippen LogP contribution in [0.4, 0.5) is 0 Å². The average molecular weight is 444 g/mol. The lowest BCUT2D eigenvalue weighted by molar-refractivity contribution is -0.0769. The Morgan fingerprint density at radius 1 is 1.16 bits per heavy atom. The standard InChI is InChI=1S/C25H33N3O2.ClH/c1-17(2)18-8-10-20(11-9-18)25(30,24(3)15-27-16-24)21-12-19(13-26-14-21)23(29)28-22-6-4-5-7-22;/h8-14,17,22,27,30H,4-7,15-16H2,1-3H3,(H,28,29);1H/t25-;/m0./s1. The zero-order valence-electron chi connectivity index (χ0n) is 18.6. The highest BCUT2D eigenvalue weighted by atomic mass is 35.5. The second-order valence-electron chi connectivity index (χ2n) is 9.57. The van der Waals surface area contributed by atoms with E-state index < -0.39 is 5.60 Å². The summed E-state index contributed by atoms with van der Waals surface area (Å²) in [6.07, 6.45) is 7.70. The lowest BCUT2D eigenvalue weighted by atomic mass is 9.63. The van der Waals surface area contributed by atoms with E-state index in [1.165, 1.54) is 18.4 Å². The van der Waals surface area contributed by atoms with Crippen molar-refractivity contribution in [2.75, 3.05) is 13.1 Å². The summed E-state index contributed by atoms with van der Waals surface area (Å²) in [5.41, 5.74) is 1.64. The summed E-state index contributed by atoms with van der Waals surface area (Å²) in [5.74, 6) is 0.322. The van der Waals surface area contributed by atoms with Gasteiger partial charge in [-0.1, -0.05) is 57.9 Å². The number of amides is 1. The van der Waals surface area contributed by atoms with Crippen molar-refractivity contribution in [1.82, 2.24) is 15.6 Å². The van der Waals surface area contributed by atoms with Gasteiger partial charge in [0, 0.05) is 42.5 Å². The molecule has 1 aliphatic carbocycles. The van der Waals surface area contributed by atoms with Crippen molar-refractivity contribution >= 4 is 18.3 Å². The first-order valence-corrected chi connectivity index (χ1v) is 11.1. The molecular formula is C25H34ClN3O2. The topological polar surface area (TPSA) is 74.2 Å². The molecule has 0 bridgehead atoms. The second-order valence-corrected chi connectivity index (χ2v) is 9.57. The highest BCUT2D eigenvalue weighted by Gasteiger charge is 2.53. The van der Waals surface area contributed by atoms with Crippen molar-refractivity contribution in [3.05, 3.63) is 65.0 Å². The minimum Gasteiger partial charge on any atom is -0.380 e. The molecule has 2 heterocycles. The van der Waals surface area contributed by atoms with Gasteiger partial charge < -0.3 is 15.7 Å². The lowest BCUT2D eigenvalue weighted by Gasteiger charge is -2.52. The molecule has 2 aliphatic rings. The number of aliphatic hydroxyl groups is 1. The molecule has 1 amide bonds. The summed E-state index contributed by atoms with van der Waals surface area (Å²) < 4.78 is 0. The zero-order valence-corrected chi connectivity index (χ0v) is 19.5. The van der Waals surface area contributed by atoms with Crippen molar-refractivity contribution in [3.63, 3.8) is 0 Å². The first-order valence-electron chi connectivity index (χ1n) is 11.1. The Hall–Kier alpha value is -1.95. The third-order valence-corrected chi connectivity index (χ3v) is 7.01. The van der Waals surface area contributed by atoms with E-state index in [-0.39, 0.29) is 29.8 Å². The molecule has 0 spiro atoms. The summed E-state index contributed by atoms with van der Waals surface area (Å²) in [4.78, 5) is 17.2. The second kappa shape index (κ2) is 9.27. The van der Waals surface area contributed by atoms with Crippen LogP contribution in [0.3, 0.4) is 0 Å². The van der Waals surface area contributed by atoms with E-state index in [1.807, 2.05) is 18.2 Å². The minimum atomic E-state index is -1.23. The zero-order chi connectivity index (χ0) is 21.4. The van der Waals surface area contributed by atoms with Gasteiger partial charge in [0.1, 0.15) is 5.60 Å². The van der Waals surface area contributed by atoms with Gasteiger partial charge in [-0.25, -0.2) is 0 Å². The fourth-order valence-corrected chi connectivity index (χ4v) is 4.83. The summed E-state index contributed by atoms with van der Waals surface area (Å²) in [7, 11) is 0. The first-order chi connectivity index (χ1) is 14.3. The molecule has 0 radical (unpaired) electrons. The van der Waals surface area contributed by atoms with Crippen LogP contribution in [0.2, 0.25) is 0 Å². The van der Waals surface area contributed by atoms with E-state index in [9.17, 15) is 9.90 Å². The van der Waals surface area contributed by atoms with E-state index in [0.717, 1.165) is 18.4 Å². The Morgan fingerprint density at radius 3 is 2.35 bits per heavy atom. The number of pyridine rings is 1. The Balaban J connectivity index is 0.00000272. The third-order valence-electron chi connectivity index (χ3n) is 7.01. The normalized spacial score (nSPS) is 19.9. The molecule has 3 N–H and O–H groups in total. The van der Waals surface area contributed by atoms with Crippen LogP contribution in [-0.4, -0.2) is 35.1 Å². The Bertz CT molecular complexity index is 905. The number of carbonyl (C=O) groups excluding carboxylic acids is 1. The number of hydrogen-bond acceptors (Lipinski definition) is 4. The molecule has 1 aliphatic heterocycles. The number of nitrogens with zero attached hydrogens (tertiary/aromatic N) is 1. The van der Waals surface area contributed by atoms with Crippen LogP contribution in [0, 0.1) is 5.41 Å². The monoisotopic (exact) mass is 443 g/mol.